The molecule has 1 aromatic rings. The number of nitrogens with one attached hydrogen (secondary N) is 9. The summed E-state index contributed by atoms with van der Waals surface area (Å²) in [5.74, 6) is -6.27. The predicted octanol–water partition coefficient (Wildman–Crippen LogP) is -1.74. The smallest absolute Gasteiger partial charge is 0.367 e. The van der Waals surface area contributed by atoms with Crippen molar-refractivity contribution in [3.05, 3.63) is 29.8 Å². The zero-order valence-corrected chi connectivity index (χ0v) is 29.4. The molecule has 1 heterocycles. The fraction of sp³-hybridized carbons (Fsp3) is 0.484. The number of benzene rings is 1. The van der Waals surface area contributed by atoms with Crippen molar-refractivity contribution >= 4 is 60.6 Å². The van der Waals surface area contributed by atoms with Crippen LogP contribution in [0.15, 0.2) is 24.3 Å². The summed E-state index contributed by atoms with van der Waals surface area (Å²) >= 11 is 0. The first kappa shape index (κ1) is 42.5. The molecule has 0 radical (unpaired) electrons. The molecule has 6 amide bonds. The number of hydrogen-bond donors (Lipinski definition) is 11. The lowest BCUT2D eigenvalue weighted by molar-refractivity contribution is -0.140. The zero-order valence-electron chi connectivity index (χ0n) is 28.5. The Balaban J connectivity index is 2.09. The van der Waals surface area contributed by atoms with Gasteiger partial charge < -0.3 is 57.7 Å². The minimum Gasteiger partial charge on any atom is -0.481 e. The first-order valence-electron chi connectivity index (χ1n) is 16.3. The van der Waals surface area contributed by atoms with E-state index in [1.807, 2.05) is 0 Å². The SMILES string of the molecule is C#CP(=O)(Nc1ccc(C(=O)NCCCC[C@@H]2NC(=O)CNC(=O)[C@H](CC(=O)O)NC(=O)CNC(=O)[C@H](CCCNC(=N)N)NC2=O)cc1)OCC. The van der Waals surface area contributed by atoms with Crippen LogP contribution >= 0.6 is 7.52 Å². The van der Waals surface area contributed by atoms with Crippen molar-refractivity contribution in [1.29, 1.82) is 5.41 Å². The van der Waals surface area contributed by atoms with E-state index in [0.29, 0.717) is 24.1 Å². The van der Waals surface area contributed by atoms with E-state index in [9.17, 15) is 43.2 Å². The minimum absolute atomic E-state index is 0.0423. The van der Waals surface area contributed by atoms with E-state index in [-0.39, 0.29) is 44.9 Å². The molecule has 1 unspecified atom stereocenters. The number of anilines is 1. The summed E-state index contributed by atoms with van der Waals surface area (Å²) in [6.45, 7) is 0.873. The first-order chi connectivity index (χ1) is 24.7. The Kier molecular flexibility index (Phi) is 17.6. The van der Waals surface area contributed by atoms with Gasteiger partial charge in [-0.05, 0) is 63.3 Å². The second-order valence-electron chi connectivity index (χ2n) is 11.4. The van der Waals surface area contributed by atoms with E-state index < -0.39 is 86.6 Å². The van der Waals surface area contributed by atoms with Crippen LogP contribution in [-0.4, -0.2) is 103 Å². The molecule has 2 rings (SSSR count). The molecular formula is C31H45N10O10P. The highest BCUT2D eigenvalue weighted by Crippen LogP contribution is 2.45. The molecule has 21 heteroatoms. The summed E-state index contributed by atoms with van der Waals surface area (Å²) in [4.78, 5) is 88.3. The molecule has 52 heavy (non-hydrogen) atoms. The number of carbonyl (C=O) groups is 7. The van der Waals surface area contributed by atoms with E-state index in [2.05, 4.69) is 48.0 Å². The van der Waals surface area contributed by atoms with Crippen molar-refractivity contribution < 1.29 is 47.8 Å². The van der Waals surface area contributed by atoms with Gasteiger partial charge >= 0.3 is 13.5 Å². The van der Waals surface area contributed by atoms with Crippen LogP contribution in [0.3, 0.4) is 0 Å². The lowest BCUT2D eigenvalue weighted by atomic mass is 10.1. The highest BCUT2D eigenvalue weighted by molar-refractivity contribution is 7.65. The van der Waals surface area contributed by atoms with Crippen molar-refractivity contribution in [3.8, 4) is 12.1 Å². The molecular weight excluding hydrogens is 703 g/mol. The average molecular weight is 749 g/mol. The lowest BCUT2D eigenvalue weighted by Crippen LogP contribution is -2.55. The second kappa shape index (κ2) is 21.5. The summed E-state index contributed by atoms with van der Waals surface area (Å²) in [6, 6.07) is 2.10. The van der Waals surface area contributed by atoms with Gasteiger partial charge in [0, 0.05) is 30.0 Å². The number of carbonyl (C=O) groups excluding carboxylic acids is 6. The van der Waals surface area contributed by atoms with E-state index in [1.165, 1.54) is 24.3 Å². The maximum absolute atomic E-state index is 13.4. The second-order valence-corrected chi connectivity index (χ2v) is 13.2. The molecule has 0 saturated carbocycles. The molecule has 1 aliphatic rings. The number of carboxylic acids is 1. The third kappa shape index (κ3) is 15.5. The van der Waals surface area contributed by atoms with E-state index in [0.717, 1.165) is 0 Å². The van der Waals surface area contributed by atoms with Crippen molar-refractivity contribution in [2.75, 3.05) is 37.9 Å². The molecule has 4 atom stereocenters. The zero-order chi connectivity index (χ0) is 38.7. The number of amides is 6. The van der Waals surface area contributed by atoms with E-state index in [4.69, 9.17) is 22.1 Å². The van der Waals surface area contributed by atoms with Crippen LogP contribution < -0.4 is 48.0 Å². The highest BCUT2D eigenvalue weighted by Gasteiger charge is 2.29. The quantitative estimate of drug-likeness (QED) is 0.0294. The lowest BCUT2D eigenvalue weighted by Gasteiger charge is -2.23. The third-order valence-corrected chi connectivity index (χ3v) is 8.77. The van der Waals surface area contributed by atoms with Crippen LogP contribution in [0, 0.1) is 17.5 Å². The molecule has 12 N–H and O–H groups in total. The number of rotatable bonds is 16. The van der Waals surface area contributed by atoms with Crippen molar-refractivity contribution in [1.82, 2.24) is 37.2 Å². The Morgan fingerprint density at radius 3 is 2.04 bits per heavy atom. The molecule has 20 nitrogen and oxygen atoms in total. The Bertz CT molecular complexity index is 1570. The summed E-state index contributed by atoms with van der Waals surface area (Å²) in [5, 5.41) is 36.3. The molecule has 0 aliphatic carbocycles. The van der Waals surface area contributed by atoms with Gasteiger partial charge in [-0.3, -0.25) is 43.5 Å². The number of guanidine groups is 1. The Hall–Kier alpha value is -5.67. The summed E-state index contributed by atoms with van der Waals surface area (Å²) in [6.07, 6.45) is 5.54. The summed E-state index contributed by atoms with van der Waals surface area (Å²) in [7, 11) is -3.52. The third-order valence-electron chi connectivity index (χ3n) is 7.26. The molecule has 284 valence electrons. The number of unbranched alkanes of at least 4 members (excludes halogenated alkanes) is 1. The van der Waals surface area contributed by atoms with Gasteiger partial charge in [0.2, 0.25) is 29.5 Å². The van der Waals surface area contributed by atoms with Crippen molar-refractivity contribution in [3.63, 3.8) is 0 Å². The Morgan fingerprint density at radius 2 is 1.46 bits per heavy atom. The number of aliphatic carboxylic acids is 1. The van der Waals surface area contributed by atoms with Gasteiger partial charge in [-0.1, -0.05) is 0 Å². The van der Waals surface area contributed by atoms with Crippen molar-refractivity contribution in [2.45, 2.75) is 63.6 Å². The molecule has 0 aromatic heterocycles. The monoisotopic (exact) mass is 748 g/mol. The molecule has 1 saturated heterocycles. The first-order valence-corrected chi connectivity index (χ1v) is 17.9. The molecule has 1 aliphatic heterocycles. The van der Waals surface area contributed by atoms with Gasteiger partial charge in [0.05, 0.1) is 26.1 Å². The number of carboxylic acid groups (broad SMARTS) is 1. The van der Waals surface area contributed by atoms with Crippen LogP contribution in [0.5, 0.6) is 0 Å². The van der Waals surface area contributed by atoms with E-state index >= 15 is 0 Å². The van der Waals surface area contributed by atoms with Gasteiger partial charge in [0.25, 0.3) is 5.91 Å². The van der Waals surface area contributed by atoms with Gasteiger partial charge in [-0.15, -0.1) is 6.42 Å². The Morgan fingerprint density at radius 1 is 0.904 bits per heavy atom. The molecule has 0 spiro atoms. The fourth-order valence-corrected chi connectivity index (χ4v) is 5.78. The van der Waals surface area contributed by atoms with Gasteiger partial charge in [0.1, 0.15) is 18.1 Å². The number of hydrogen-bond acceptors (Lipinski definition) is 10. The molecule has 0 bridgehead atoms. The predicted molar refractivity (Wildman–Crippen MR) is 188 cm³/mol. The number of terminal acetylenes is 1. The van der Waals surface area contributed by atoms with Crippen LogP contribution in [-0.2, 0) is 37.9 Å². The fourth-order valence-electron chi connectivity index (χ4n) is 4.72. The van der Waals surface area contributed by atoms with Gasteiger partial charge in [0.15, 0.2) is 5.96 Å². The normalized spacial score (nSPS) is 19.7. The van der Waals surface area contributed by atoms with Gasteiger partial charge in [-0.2, -0.15) is 0 Å². The van der Waals surface area contributed by atoms with Crippen LogP contribution in [0.4, 0.5) is 5.69 Å². The van der Waals surface area contributed by atoms with E-state index in [1.54, 1.807) is 6.92 Å². The van der Waals surface area contributed by atoms with Gasteiger partial charge in [-0.25, -0.2) is 0 Å². The molecule has 1 fully saturated rings. The standard InChI is InChI=1S/C31H45N10O10P/c1-3-51-52(50,4-2)41-20-12-10-19(11-13-20)27(46)34-14-6-5-8-22-30(49)40-21(9-7-15-35-31(32)33)28(47)36-18-25(43)39-23(16-26(44)45)29(48)37-17-24(42)38-22/h2,10-13,21-23H,3,5-9,14-18H2,1H3,(H,34,46)(H,36,47)(H,37,48)(H,38,42)(H,39,43)(H,40,49)(H,41,50)(H,44,45)(H4,32,33,35)/t21-,22-,23-,52?/m0/s1. The molecule has 1 aromatic carbocycles. The van der Waals surface area contributed by atoms with Crippen LogP contribution in [0.1, 0.15) is 55.8 Å². The van der Waals surface area contributed by atoms with Crippen LogP contribution in [0.2, 0.25) is 0 Å². The maximum Gasteiger partial charge on any atom is 0.367 e. The topological polar surface area (TPSA) is 312 Å². The Labute approximate surface area is 299 Å². The van der Waals surface area contributed by atoms with Crippen molar-refractivity contribution in [2.24, 2.45) is 5.73 Å². The summed E-state index contributed by atoms with van der Waals surface area (Å²) in [5.41, 5.74) is 8.09. The van der Waals surface area contributed by atoms with Crippen LogP contribution in [0.25, 0.3) is 0 Å². The highest BCUT2D eigenvalue weighted by atomic mass is 31.2. The largest absolute Gasteiger partial charge is 0.481 e. The summed E-state index contributed by atoms with van der Waals surface area (Å²) < 4.78 is 17.6. The average Bonchev–Trinajstić information content (AvgIpc) is 3.09. The number of nitrogens with two attached hydrogens (primary N) is 1. The minimum atomic E-state index is -3.52. The maximum atomic E-state index is 13.4.